The van der Waals surface area contributed by atoms with E-state index in [1.807, 2.05) is 41.3 Å². The summed E-state index contributed by atoms with van der Waals surface area (Å²) in [6.07, 6.45) is 5.51. The van der Waals surface area contributed by atoms with Crippen molar-refractivity contribution in [3.8, 4) is 0 Å². The van der Waals surface area contributed by atoms with Crippen molar-refractivity contribution in [2.75, 3.05) is 26.2 Å². The molecule has 32 heavy (non-hydrogen) atoms. The summed E-state index contributed by atoms with van der Waals surface area (Å²) >= 11 is 0. The summed E-state index contributed by atoms with van der Waals surface area (Å²) < 4.78 is 2.06. The first-order chi connectivity index (χ1) is 15.7. The Morgan fingerprint density at radius 3 is 2.69 bits per heavy atom. The van der Waals surface area contributed by atoms with Gasteiger partial charge in [-0.25, -0.2) is 9.67 Å². The SMILES string of the molecule is CCN(CC)C1(c2nnnn2C2CCCC2)CCN(C(=O)c2ccc3ccccc3n2)C1. The molecular formula is C24H31N7O. The van der Waals surface area contributed by atoms with E-state index in [0.717, 1.165) is 49.1 Å². The normalized spacial score (nSPS) is 21.8. The van der Waals surface area contributed by atoms with Crippen molar-refractivity contribution in [3.63, 3.8) is 0 Å². The average molecular weight is 434 g/mol. The summed E-state index contributed by atoms with van der Waals surface area (Å²) in [4.78, 5) is 22.5. The van der Waals surface area contributed by atoms with Crippen molar-refractivity contribution in [1.29, 1.82) is 0 Å². The van der Waals surface area contributed by atoms with Crippen LogP contribution in [0.25, 0.3) is 10.9 Å². The van der Waals surface area contributed by atoms with Crippen LogP contribution in [0.2, 0.25) is 0 Å². The van der Waals surface area contributed by atoms with Gasteiger partial charge >= 0.3 is 0 Å². The van der Waals surface area contributed by atoms with Crippen molar-refractivity contribution in [2.45, 2.75) is 57.5 Å². The van der Waals surface area contributed by atoms with Gasteiger partial charge in [0.15, 0.2) is 5.82 Å². The Balaban J connectivity index is 1.48. The monoisotopic (exact) mass is 433 g/mol. The highest BCUT2D eigenvalue weighted by Gasteiger charge is 2.49. The zero-order chi connectivity index (χ0) is 22.1. The molecule has 0 spiro atoms. The highest BCUT2D eigenvalue weighted by molar-refractivity contribution is 5.95. The van der Waals surface area contributed by atoms with Crippen LogP contribution < -0.4 is 0 Å². The van der Waals surface area contributed by atoms with Crippen molar-refractivity contribution in [1.82, 2.24) is 35.0 Å². The van der Waals surface area contributed by atoms with Crippen LogP contribution in [0.5, 0.6) is 0 Å². The molecule has 168 valence electrons. The molecule has 1 amide bonds. The minimum Gasteiger partial charge on any atom is -0.335 e. The molecule has 1 unspecified atom stereocenters. The van der Waals surface area contributed by atoms with E-state index < -0.39 is 0 Å². The van der Waals surface area contributed by atoms with Crippen LogP contribution in [0.4, 0.5) is 0 Å². The number of hydrogen-bond acceptors (Lipinski definition) is 6. The average Bonchev–Trinajstić information content (AvgIpc) is 3.59. The van der Waals surface area contributed by atoms with Crippen molar-refractivity contribution in [2.24, 2.45) is 0 Å². The fraction of sp³-hybridized carbons (Fsp3) is 0.542. The molecule has 2 fully saturated rings. The number of pyridine rings is 1. The molecule has 2 aliphatic rings. The molecule has 8 heteroatoms. The number of likely N-dealkylation sites (N-methyl/N-ethyl adjacent to an activating group) is 1. The van der Waals surface area contributed by atoms with Crippen LogP contribution in [0, 0.1) is 0 Å². The quantitative estimate of drug-likeness (QED) is 0.593. The lowest BCUT2D eigenvalue weighted by atomic mass is 9.94. The number of amides is 1. The first-order valence-electron chi connectivity index (χ1n) is 11.8. The number of para-hydroxylation sites is 1. The van der Waals surface area contributed by atoms with Crippen molar-refractivity contribution >= 4 is 16.8 Å². The van der Waals surface area contributed by atoms with Gasteiger partial charge in [-0.15, -0.1) is 5.10 Å². The maximum Gasteiger partial charge on any atom is 0.272 e. The molecule has 0 radical (unpaired) electrons. The largest absolute Gasteiger partial charge is 0.335 e. The molecule has 1 aliphatic heterocycles. The highest BCUT2D eigenvalue weighted by atomic mass is 16.2. The number of likely N-dealkylation sites (tertiary alicyclic amines) is 1. The second-order valence-electron chi connectivity index (χ2n) is 8.96. The Morgan fingerprint density at radius 1 is 1.12 bits per heavy atom. The molecule has 0 bridgehead atoms. The lowest BCUT2D eigenvalue weighted by molar-refractivity contribution is 0.0657. The molecule has 1 atom stereocenters. The Bertz CT molecular complexity index is 1100. The second kappa shape index (κ2) is 8.58. The van der Waals surface area contributed by atoms with Gasteiger partial charge in [0.2, 0.25) is 0 Å². The zero-order valence-corrected chi connectivity index (χ0v) is 18.9. The van der Waals surface area contributed by atoms with E-state index in [9.17, 15) is 4.79 Å². The Hall–Kier alpha value is -2.87. The molecule has 1 aromatic carbocycles. The number of hydrogen-bond donors (Lipinski definition) is 0. The molecule has 2 aromatic heterocycles. The van der Waals surface area contributed by atoms with Crippen LogP contribution >= 0.6 is 0 Å². The Labute approximate surface area is 188 Å². The van der Waals surface area contributed by atoms with Gasteiger partial charge in [-0.05, 0) is 54.9 Å². The third-order valence-corrected chi connectivity index (χ3v) is 7.30. The summed E-state index contributed by atoms with van der Waals surface area (Å²) in [6.45, 7) is 7.35. The topological polar surface area (TPSA) is 80.0 Å². The number of nitrogens with zero attached hydrogens (tertiary/aromatic N) is 7. The molecule has 5 rings (SSSR count). The number of rotatable bonds is 6. The van der Waals surface area contributed by atoms with Gasteiger partial charge in [-0.3, -0.25) is 9.69 Å². The van der Waals surface area contributed by atoms with Crippen LogP contribution in [0.1, 0.15) is 68.3 Å². The summed E-state index contributed by atoms with van der Waals surface area (Å²) in [6, 6.07) is 12.1. The minimum atomic E-state index is -0.373. The molecule has 3 heterocycles. The summed E-state index contributed by atoms with van der Waals surface area (Å²) in [5, 5.41) is 14.1. The maximum absolute atomic E-state index is 13.5. The number of fused-ring (bicyclic) bond motifs is 1. The summed E-state index contributed by atoms with van der Waals surface area (Å²) in [7, 11) is 0. The first-order valence-corrected chi connectivity index (χ1v) is 11.8. The molecule has 8 nitrogen and oxygen atoms in total. The summed E-state index contributed by atoms with van der Waals surface area (Å²) in [5.74, 6) is 0.888. The van der Waals surface area contributed by atoms with E-state index in [4.69, 9.17) is 0 Å². The summed E-state index contributed by atoms with van der Waals surface area (Å²) in [5.41, 5.74) is 0.967. The number of aromatic nitrogens is 5. The van der Waals surface area contributed by atoms with Gasteiger partial charge in [0.1, 0.15) is 11.2 Å². The van der Waals surface area contributed by atoms with Gasteiger partial charge in [-0.2, -0.15) is 0 Å². The van der Waals surface area contributed by atoms with E-state index >= 15 is 0 Å². The number of tetrazole rings is 1. The predicted molar refractivity (Wildman–Crippen MR) is 122 cm³/mol. The third-order valence-electron chi connectivity index (χ3n) is 7.30. The number of carbonyl (C=O) groups excluding carboxylic acids is 1. The maximum atomic E-state index is 13.5. The molecule has 0 N–H and O–H groups in total. The molecule has 1 saturated carbocycles. The number of carbonyl (C=O) groups is 1. The van der Waals surface area contributed by atoms with Gasteiger partial charge < -0.3 is 4.90 Å². The molecular weight excluding hydrogens is 402 g/mol. The number of benzene rings is 1. The van der Waals surface area contributed by atoms with Crippen LogP contribution in [-0.2, 0) is 5.54 Å². The van der Waals surface area contributed by atoms with E-state index in [1.165, 1.54) is 12.8 Å². The predicted octanol–water partition coefficient (Wildman–Crippen LogP) is 3.42. The van der Waals surface area contributed by atoms with Crippen molar-refractivity contribution in [3.05, 3.63) is 47.9 Å². The fourth-order valence-electron chi connectivity index (χ4n) is 5.62. The fourth-order valence-corrected chi connectivity index (χ4v) is 5.62. The lowest BCUT2D eigenvalue weighted by Crippen LogP contribution is -2.50. The Morgan fingerprint density at radius 2 is 1.91 bits per heavy atom. The van der Waals surface area contributed by atoms with Gasteiger partial charge in [0.05, 0.1) is 11.6 Å². The van der Waals surface area contributed by atoms with Crippen molar-refractivity contribution < 1.29 is 4.79 Å². The highest BCUT2D eigenvalue weighted by Crippen LogP contribution is 2.40. The van der Waals surface area contributed by atoms with E-state index in [1.54, 1.807) is 0 Å². The molecule has 1 saturated heterocycles. The van der Waals surface area contributed by atoms with Crippen LogP contribution in [0.3, 0.4) is 0 Å². The Kier molecular flexibility index (Phi) is 5.63. The third kappa shape index (κ3) is 3.46. The van der Waals surface area contributed by atoms with Crippen LogP contribution in [-0.4, -0.2) is 67.1 Å². The zero-order valence-electron chi connectivity index (χ0n) is 18.9. The minimum absolute atomic E-state index is 0.0234. The lowest BCUT2D eigenvalue weighted by Gasteiger charge is -2.39. The smallest absolute Gasteiger partial charge is 0.272 e. The van der Waals surface area contributed by atoms with Crippen LogP contribution in [0.15, 0.2) is 36.4 Å². The molecule has 3 aromatic rings. The van der Waals surface area contributed by atoms with Gasteiger partial charge in [0.25, 0.3) is 5.91 Å². The second-order valence-corrected chi connectivity index (χ2v) is 8.96. The van der Waals surface area contributed by atoms with E-state index in [-0.39, 0.29) is 11.4 Å². The van der Waals surface area contributed by atoms with Gasteiger partial charge in [-0.1, -0.05) is 51.0 Å². The molecule has 1 aliphatic carbocycles. The van der Waals surface area contributed by atoms with E-state index in [0.29, 0.717) is 24.8 Å². The standard InChI is InChI=1S/C24H31N7O/c1-3-30(4-2)24(23-26-27-28-31(23)19-10-6-7-11-19)15-16-29(17-24)22(32)21-14-13-18-9-5-8-12-20(18)25-21/h5,8-9,12-14,19H,3-4,6-7,10-11,15-17H2,1-2H3. The van der Waals surface area contributed by atoms with E-state index in [2.05, 4.69) is 43.9 Å². The first kappa shape index (κ1) is 21.0. The van der Waals surface area contributed by atoms with Gasteiger partial charge in [0, 0.05) is 18.5 Å².